The zero-order valence-corrected chi connectivity index (χ0v) is 15.2. The van der Waals surface area contributed by atoms with Gasteiger partial charge in [0.15, 0.2) is 0 Å². The van der Waals surface area contributed by atoms with Crippen molar-refractivity contribution in [2.75, 3.05) is 11.9 Å². The number of nitrogens with zero attached hydrogens (tertiary/aromatic N) is 6. The van der Waals surface area contributed by atoms with Gasteiger partial charge < -0.3 is 5.32 Å². The smallest absolute Gasteiger partial charge is 0.144 e. The molecule has 0 aliphatic carbocycles. The average molecular weight is 349 g/mol. The highest BCUT2D eigenvalue weighted by molar-refractivity contribution is 5.31. The van der Waals surface area contributed by atoms with Crippen LogP contribution in [0.15, 0.2) is 37.1 Å². The van der Waals surface area contributed by atoms with Gasteiger partial charge in [-0.15, -0.1) is 0 Å². The Hall–Kier alpha value is -2.80. The normalized spacial score (nSPS) is 14.2. The highest BCUT2D eigenvalue weighted by atomic mass is 15.3. The number of fused-ring (bicyclic) bond motifs is 1. The maximum absolute atomic E-state index is 4.71. The van der Waals surface area contributed by atoms with Gasteiger partial charge in [0.1, 0.15) is 5.82 Å². The zero-order chi connectivity index (χ0) is 17.9. The Labute approximate surface area is 153 Å². The first-order chi connectivity index (χ1) is 12.7. The minimum Gasteiger partial charge on any atom is -0.363 e. The van der Waals surface area contributed by atoms with Crippen LogP contribution in [0.5, 0.6) is 0 Å². The van der Waals surface area contributed by atoms with Crippen molar-refractivity contribution in [3.8, 4) is 0 Å². The van der Waals surface area contributed by atoms with Gasteiger partial charge in [-0.05, 0) is 36.6 Å². The molecule has 1 aliphatic heterocycles. The molecule has 0 saturated heterocycles. The molecule has 3 aromatic heterocycles. The Morgan fingerprint density at radius 2 is 2.00 bits per heavy atom. The van der Waals surface area contributed by atoms with Gasteiger partial charge >= 0.3 is 0 Å². The molecular formula is C19H23N7. The van der Waals surface area contributed by atoms with Crippen molar-refractivity contribution in [1.82, 2.24) is 29.6 Å². The summed E-state index contributed by atoms with van der Waals surface area (Å²) in [6.07, 6.45) is 8.99. The Morgan fingerprint density at radius 1 is 1.08 bits per heavy atom. The first-order valence-corrected chi connectivity index (χ1v) is 8.87. The summed E-state index contributed by atoms with van der Waals surface area (Å²) in [6.45, 7) is 8.70. The van der Waals surface area contributed by atoms with Crippen LogP contribution in [0.4, 0.5) is 5.82 Å². The third-order valence-corrected chi connectivity index (χ3v) is 4.91. The van der Waals surface area contributed by atoms with Crippen LogP contribution in [0.3, 0.4) is 0 Å². The van der Waals surface area contributed by atoms with E-state index in [0.29, 0.717) is 6.54 Å². The maximum Gasteiger partial charge on any atom is 0.144 e. The van der Waals surface area contributed by atoms with E-state index >= 15 is 0 Å². The quantitative estimate of drug-likeness (QED) is 0.762. The Morgan fingerprint density at radius 3 is 2.85 bits per heavy atom. The molecule has 26 heavy (non-hydrogen) atoms. The molecule has 4 heterocycles. The number of aromatic nitrogens is 5. The largest absolute Gasteiger partial charge is 0.363 e. The summed E-state index contributed by atoms with van der Waals surface area (Å²) in [4.78, 5) is 15.1. The summed E-state index contributed by atoms with van der Waals surface area (Å²) in [6, 6.07) is 2.18. The molecule has 4 rings (SSSR count). The van der Waals surface area contributed by atoms with E-state index in [-0.39, 0.29) is 0 Å². The van der Waals surface area contributed by atoms with Gasteiger partial charge in [-0.25, -0.2) is 4.98 Å². The third kappa shape index (κ3) is 3.57. The predicted molar refractivity (Wildman–Crippen MR) is 99.4 cm³/mol. The lowest BCUT2D eigenvalue weighted by molar-refractivity contribution is 0.204. The summed E-state index contributed by atoms with van der Waals surface area (Å²) < 4.78 is 2.12. The van der Waals surface area contributed by atoms with E-state index in [0.717, 1.165) is 37.7 Å². The van der Waals surface area contributed by atoms with Crippen molar-refractivity contribution in [1.29, 1.82) is 0 Å². The number of aryl methyl sites for hydroxylation is 1. The highest BCUT2D eigenvalue weighted by Gasteiger charge is 2.19. The van der Waals surface area contributed by atoms with Gasteiger partial charge in [0.2, 0.25) is 0 Å². The topological polar surface area (TPSA) is 71.8 Å². The molecule has 0 amide bonds. The van der Waals surface area contributed by atoms with Gasteiger partial charge in [0, 0.05) is 44.4 Å². The molecule has 7 nitrogen and oxygen atoms in total. The highest BCUT2D eigenvalue weighted by Crippen LogP contribution is 2.19. The molecule has 0 radical (unpaired) electrons. The molecule has 0 unspecified atom stereocenters. The molecule has 0 saturated carbocycles. The molecule has 0 spiro atoms. The van der Waals surface area contributed by atoms with E-state index in [1.54, 1.807) is 18.6 Å². The molecular weight excluding hydrogens is 326 g/mol. The Bertz CT molecular complexity index is 888. The van der Waals surface area contributed by atoms with Crippen LogP contribution in [-0.4, -0.2) is 36.2 Å². The maximum atomic E-state index is 4.71. The second-order valence-corrected chi connectivity index (χ2v) is 6.75. The minimum atomic E-state index is 0.652. The van der Waals surface area contributed by atoms with Crippen molar-refractivity contribution in [3.05, 3.63) is 65.1 Å². The number of pyridine rings is 1. The van der Waals surface area contributed by atoms with Crippen LogP contribution in [0.1, 0.15) is 28.1 Å². The summed E-state index contributed by atoms with van der Waals surface area (Å²) >= 11 is 0. The lowest BCUT2D eigenvalue weighted by Gasteiger charge is -2.28. The molecule has 0 atom stereocenters. The van der Waals surface area contributed by atoms with E-state index in [1.807, 2.05) is 12.4 Å². The fraction of sp³-hybridized carbons (Fsp3) is 0.368. The third-order valence-electron chi connectivity index (χ3n) is 4.91. The van der Waals surface area contributed by atoms with Crippen molar-refractivity contribution >= 4 is 5.82 Å². The lowest BCUT2D eigenvalue weighted by Crippen LogP contribution is -2.33. The number of nitrogens with one attached hydrogen (secondary N) is 1. The zero-order valence-electron chi connectivity index (χ0n) is 15.2. The number of hydrogen-bond donors (Lipinski definition) is 1. The van der Waals surface area contributed by atoms with E-state index in [2.05, 4.69) is 49.8 Å². The van der Waals surface area contributed by atoms with Crippen LogP contribution in [0.25, 0.3) is 0 Å². The molecule has 0 fully saturated rings. The summed E-state index contributed by atoms with van der Waals surface area (Å²) in [7, 11) is 0. The molecule has 1 N–H and O–H groups in total. The van der Waals surface area contributed by atoms with E-state index < -0.39 is 0 Å². The second-order valence-electron chi connectivity index (χ2n) is 6.75. The molecule has 0 bridgehead atoms. The molecule has 7 heteroatoms. The first-order valence-electron chi connectivity index (χ1n) is 8.87. The second kappa shape index (κ2) is 7.21. The van der Waals surface area contributed by atoms with E-state index in [9.17, 15) is 0 Å². The van der Waals surface area contributed by atoms with E-state index in [4.69, 9.17) is 5.10 Å². The van der Waals surface area contributed by atoms with Crippen LogP contribution in [-0.2, 0) is 26.2 Å². The monoisotopic (exact) mass is 349 g/mol. The molecule has 0 aromatic carbocycles. The summed E-state index contributed by atoms with van der Waals surface area (Å²) in [5.74, 6) is 0.766. The van der Waals surface area contributed by atoms with Gasteiger partial charge in [-0.2, -0.15) is 5.10 Å². The fourth-order valence-corrected chi connectivity index (χ4v) is 3.26. The molecule has 3 aromatic rings. The van der Waals surface area contributed by atoms with Crippen molar-refractivity contribution in [2.45, 2.75) is 40.0 Å². The fourth-order valence-electron chi connectivity index (χ4n) is 3.26. The van der Waals surface area contributed by atoms with Crippen LogP contribution in [0.2, 0.25) is 0 Å². The SMILES string of the molecule is Cc1cncc(CN2CCn3nc(CNc4cnccn4)cc3C2)c1C. The van der Waals surface area contributed by atoms with Gasteiger partial charge in [-0.3, -0.25) is 19.5 Å². The van der Waals surface area contributed by atoms with Crippen molar-refractivity contribution < 1.29 is 0 Å². The van der Waals surface area contributed by atoms with E-state index in [1.165, 1.54) is 22.4 Å². The molecule has 1 aliphatic rings. The van der Waals surface area contributed by atoms with Gasteiger partial charge in [0.25, 0.3) is 0 Å². The standard InChI is InChI=1S/C19H23N7/c1-14-8-21-9-16(15(14)2)12-25-5-6-26-18(13-25)7-17(24-26)10-23-19-11-20-3-4-22-19/h3-4,7-9,11H,5-6,10,12-13H2,1-2H3,(H,22,23). The van der Waals surface area contributed by atoms with Crippen molar-refractivity contribution in [2.24, 2.45) is 0 Å². The number of hydrogen-bond acceptors (Lipinski definition) is 6. The van der Waals surface area contributed by atoms with Crippen LogP contribution in [0, 0.1) is 13.8 Å². The average Bonchev–Trinajstić information content (AvgIpc) is 3.07. The Kier molecular flexibility index (Phi) is 4.62. The lowest BCUT2D eigenvalue weighted by atomic mass is 10.1. The number of rotatable bonds is 5. The molecule has 134 valence electrons. The summed E-state index contributed by atoms with van der Waals surface area (Å²) in [5, 5.41) is 7.97. The van der Waals surface area contributed by atoms with Crippen molar-refractivity contribution in [3.63, 3.8) is 0 Å². The minimum absolute atomic E-state index is 0.652. The van der Waals surface area contributed by atoms with Gasteiger partial charge in [0.05, 0.1) is 30.7 Å². The van der Waals surface area contributed by atoms with Crippen LogP contribution >= 0.6 is 0 Å². The Balaban J connectivity index is 1.41. The summed E-state index contributed by atoms with van der Waals surface area (Å²) in [5.41, 5.74) is 6.18. The van der Waals surface area contributed by atoms with Gasteiger partial charge in [-0.1, -0.05) is 0 Å². The van der Waals surface area contributed by atoms with Crippen LogP contribution < -0.4 is 5.32 Å². The predicted octanol–water partition coefficient (Wildman–Crippen LogP) is 2.31. The number of anilines is 1. The first kappa shape index (κ1) is 16.7.